The predicted octanol–water partition coefficient (Wildman–Crippen LogP) is 2.81. The highest BCUT2D eigenvalue weighted by atomic mass is 16.1. The fraction of sp³-hybridized carbons (Fsp3) is 0.474. The third kappa shape index (κ3) is 4.03. The van der Waals surface area contributed by atoms with E-state index >= 15 is 0 Å². The molecule has 0 unspecified atom stereocenters. The van der Waals surface area contributed by atoms with Crippen molar-refractivity contribution in [3.05, 3.63) is 52.3 Å². The molecule has 24 heavy (non-hydrogen) atoms. The second kappa shape index (κ2) is 8.11. The van der Waals surface area contributed by atoms with E-state index in [4.69, 9.17) is 0 Å². The van der Waals surface area contributed by atoms with E-state index in [0.717, 1.165) is 36.6 Å². The molecule has 1 heterocycles. The topological polar surface area (TPSA) is 50.2 Å². The molecule has 0 aliphatic rings. The molecule has 1 aromatic carbocycles. The molecule has 1 amide bonds. The van der Waals surface area contributed by atoms with Gasteiger partial charge in [-0.25, -0.2) is 0 Å². The summed E-state index contributed by atoms with van der Waals surface area (Å²) in [5.74, 6) is -0.0595. The lowest BCUT2D eigenvalue weighted by Gasteiger charge is -2.20. The maximum absolute atomic E-state index is 12.5. The molecule has 0 atom stereocenters. The van der Waals surface area contributed by atoms with Crippen molar-refractivity contribution in [3.63, 3.8) is 0 Å². The largest absolute Gasteiger partial charge is 0.348 e. The Hall–Kier alpha value is -2.14. The Morgan fingerprint density at radius 3 is 2.33 bits per heavy atom. The van der Waals surface area contributed by atoms with Crippen molar-refractivity contribution in [1.82, 2.24) is 20.0 Å². The molecule has 0 aliphatic heterocycles. The van der Waals surface area contributed by atoms with Gasteiger partial charge in [0, 0.05) is 25.8 Å². The summed E-state index contributed by atoms with van der Waals surface area (Å²) in [6, 6.07) is 8.30. The summed E-state index contributed by atoms with van der Waals surface area (Å²) >= 11 is 0. The molecule has 0 saturated heterocycles. The number of aryl methyl sites for hydroxylation is 2. The van der Waals surface area contributed by atoms with E-state index in [0.29, 0.717) is 12.1 Å². The van der Waals surface area contributed by atoms with Crippen LogP contribution in [0.25, 0.3) is 0 Å². The molecule has 5 heteroatoms. The van der Waals surface area contributed by atoms with E-state index in [-0.39, 0.29) is 5.91 Å². The molecule has 1 aromatic heterocycles. The van der Waals surface area contributed by atoms with Gasteiger partial charge < -0.3 is 5.32 Å². The van der Waals surface area contributed by atoms with Crippen molar-refractivity contribution >= 4 is 5.91 Å². The Morgan fingerprint density at radius 2 is 1.79 bits per heavy atom. The third-order valence-electron chi connectivity index (χ3n) is 4.58. The molecule has 2 rings (SSSR count). The molecule has 0 saturated carbocycles. The number of hydrogen-bond donors (Lipinski definition) is 1. The number of nitrogens with zero attached hydrogens (tertiary/aromatic N) is 3. The van der Waals surface area contributed by atoms with E-state index in [1.165, 1.54) is 5.56 Å². The smallest absolute Gasteiger partial charge is 0.255 e. The van der Waals surface area contributed by atoms with E-state index < -0.39 is 0 Å². The fourth-order valence-corrected chi connectivity index (χ4v) is 2.94. The lowest BCUT2D eigenvalue weighted by atomic mass is 10.1. The second-order valence-corrected chi connectivity index (χ2v) is 6.08. The van der Waals surface area contributed by atoms with Crippen LogP contribution in [0.3, 0.4) is 0 Å². The van der Waals surface area contributed by atoms with E-state index in [2.05, 4.69) is 47.4 Å². The summed E-state index contributed by atoms with van der Waals surface area (Å²) < 4.78 is 1.75. The molecule has 0 aliphatic carbocycles. The number of amides is 1. The average molecular weight is 328 g/mol. The molecule has 0 fully saturated rings. The zero-order valence-corrected chi connectivity index (χ0v) is 15.4. The minimum atomic E-state index is -0.0595. The number of rotatable bonds is 7. The molecule has 0 bridgehead atoms. The maximum Gasteiger partial charge on any atom is 0.255 e. The van der Waals surface area contributed by atoms with E-state index in [9.17, 15) is 4.79 Å². The highest BCUT2D eigenvalue weighted by Gasteiger charge is 2.17. The maximum atomic E-state index is 12.5. The van der Waals surface area contributed by atoms with Gasteiger partial charge in [-0.05, 0) is 38.1 Å². The van der Waals surface area contributed by atoms with Gasteiger partial charge in [-0.2, -0.15) is 5.10 Å². The SMILES string of the molecule is CCN(CC)Cc1ccccc1CNC(=O)c1c(C)nn(C)c1C. The standard InChI is InChI=1S/C19H28N4O/c1-6-23(7-2)13-17-11-9-8-10-16(17)12-20-19(24)18-14(3)21-22(5)15(18)4/h8-11H,6-7,12-13H2,1-5H3,(H,20,24). The van der Waals surface area contributed by atoms with E-state index in [1.54, 1.807) is 4.68 Å². The van der Waals surface area contributed by atoms with Crippen LogP contribution in [0.4, 0.5) is 0 Å². The quantitative estimate of drug-likeness (QED) is 0.850. The first-order chi connectivity index (χ1) is 11.5. The Bertz CT molecular complexity index is 701. The monoisotopic (exact) mass is 328 g/mol. The lowest BCUT2D eigenvalue weighted by molar-refractivity contribution is 0.0949. The third-order valence-corrected chi connectivity index (χ3v) is 4.58. The fourth-order valence-electron chi connectivity index (χ4n) is 2.94. The minimum absolute atomic E-state index is 0.0595. The molecule has 5 nitrogen and oxygen atoms in total. The normalized spacial score (nSPS) is 11.1. The zero-order chi connectivity index (χ0) is 17.7. The summed E-state index contributed by atoms with van der Waals surface area (Å²) in [5.41, 5.74) is 4.77. The van der Waals surface area contributed by atoms with Crippen LogP contribution < -0.4 is 5.32 Å². The van der Waals surface area contributed by atoms with Crippen LogP contribution in [0.1, 0.15) is 46.7 Å². The van der Waals surface area contributed by atoms with Crippen LogP contribution in [0.15, 0.2) is 24.3 Å². The first-order valence-electron chi connectivity index (χ1n) is 8.55. The summed E-state index contributed by atoms with van der Waals surface area (Å²) in [4.78, 5) is 14.9. The summed E-state index contributed by atoms with van der Waals surface area (Å²) in [5, 5.41) is 7.36. The zero-order valence-electron chi connectivity index (χ0n) is 15.4. The summed E-state index contributed by atoms with van der Waals surface area (Å²) in [6.45, 7) is 11.6. The summed E-state index contributed by atoms with van der Waals surface area (Å²) in [6.07, 6.45) is 0. The van der Waals surface area contributed by atoms with Crippen LogP contribution in [-0.4, -0.2) is 33.7 Å². The Morgan fingerprint density at radius 1 is 1.17 bits per heavy atom. The van der Waals surface area contributed by atoms with Gasteiger partial charge in [-0.3, -0.25) is 14.4 Å². The van der Waals surface area contributed by atoms with Gasteiger partial charge in [-0.15, -0.1) is 0 Å². The van der Waals surface area contributed by atoms with Gasteiger partial charge >= 0.3 is 0 Å². The van der Waals surface area contributed by atoms with Crippen LogP contribution in [0.5, 0.6) is 0 Å². The Balaban J connectivity index is 2.10. The number of carbonyl (C=O) groups excluding carboxylic acids is 1. The van der Waals surface area contributed by atoms with Gasteiger partial charge in [0.25, 0.3) is 5.91 Å². The Labute approximate surface area is 144 Å². The van der Waals surface area contributed by atoms with Crippen molar-refractivity contribution in [1.29, 1.82) is 0 Å². The van der Waals surface area contributed by atoms with Crippen LogP contribution >= 0.6 is 0 Å². The number of aromatic nitrogens is 2. The van der Waals surface area contributed by atoms with Crippen molar-refractivity contribution < 1.29 is 4.79 Å². The molecule has 0 radical (unpaired) electrons. The number of benzene rings is 1. The average Bonchev–Trinajstić information content (AvgIpc) is 2.83. The van der Waals surface area contributed by atoms with Crippen molar-refractivity contribution in [2.45, 2.75) is 40.8 Å². The van der Waals surface area contributed by atoms with E-state index in [1.807, 2.05) is 27.0 Å². The highest BCUT2D eigenvalue weighted by molar-refractivity contribution is 5.96. The van der Waals surface area contributed by atoms with Gasteiger partial charge in [-0.1, -0.05) is 38.1 Å². The molecule has 0 spiro atoms. The first-order valence-corrected chi connectivity index (χ1v) is 8.55. The van der Waals surface area contributed by atoms with Gasteiger partial charge in [0.1, 0.15) is 0 Å². The highest BCUT2D eigenvalue weighted by Crippen LogP contribution is 2.14. The predicted molar refractivity (Wildman–Crippen MR) is 96.9 cm³/mol. The molecule has 1 N–H and O–H groups in total. The number of hydrogen-bond acceptors (Lipinski definition) is 3. The van der Waals surface area contributed by atoms with Crippen LogP contribution in [0, 0.1) is 13.8 Å². The lowest BCUT2D eigenvalue weighted by Crippen LogP contribution is -2.26. The molecular formula is C19H28N4O. The summed E-state index contributed by atoms with van der Waals surface area (Å²) in [7, 11) is 1.86. The van der Waals surface area contributed by atoms with Crippen molar-refractivity contribution in [3.8, 4) is 0 Å². The minimum Gasteiger partial charge on any atom is -0.348 e. The van der Waals surface area contributed by atoms with Gasteiger partial charge in [0.05, 0.1) is 11.3 Å². The first kappa shape index (κ1) is 18.2. The van der Waals surface area contributed by atoms with Crippen LogP contribution in [0.2, 0.25) is 0 Å². The van der Waals surface area contributed by atoms with Gasteiger partial charge in [0.2, 0.25) is 0 Å². The number of carbonyl (C=O) groups is 1. The molecular weight excluding hydrogens is 300 g/mol. The Kier molecular flexibility index (Phi) is 6.15. The van der Waals surface area contributed by atoms with Crippen molar-refractivity contribution in [2.24, 2.45) is 7.05 Å². The van der Waals surface area contributed by atoms with Gasteiger partial charge in [0.15, 0.2) is 0 Å². The number of nitrogens with one attached hydrogen (secondary N) is 1. The second-order valence-electron chi connectivity index (χ2n) is 6.08. The molecule has 130 valence electrons. The van der Waals surface area contributed by atoms with Crippen LogP contribution in [-0.2, 0) is 20.1 Å². The molecule has 2 aromatic rings. The van der Waals surface area contributed by atoms with Crippen molar-refractivity contribution in [2.75, 3.05) is 13.1 Å².